The summed E-state index contributed by atoms with van der Waals surface area (Å²) in [5.74, 6) is 0.843. The quantitative estimate of drug-likeness (QED) is 0.352. The summed E-state index contributed by atoms with van der Waals surface area (Å²) in [6.45, 7) is 11.1. The van der Waals surface area contributed by atoms with Crippen molar-refractivity contribution in [1.29, 1.82) is 0 Å². The van der Waals surface area contributed by atoms with Crippen molar-refractivity contribution in [3.05, 3.63) is 83.2 Å². The van der Waals surface area contributed by atoms with E-state index >= 15 is 0 Å². The van der Waals surface area contributed by atoms with Crippen LogP contribution < -0.4 is 5.32 Å². The van der Waals surface area contributed by atoms with Crippen LogP contribution in [0.25, 0.3) is 0 Å². The Hall–Kier alpha value is -3.39. The second-order valence-corrected chi connectivity index (χ2v) is 9.84. The number of hydrogen-bond acceptors (Lipinski definition) is 5. The highest BCUT2D eigenvalue weighted by Crippen LogP contribution is 2.34. The summed E-state index contributed by atoms with van der Waals surface area (Å²) < 4.78 is 1.97. The van der Waals surface area contributed by atoms with Gasteiger partial charge in [0.25, 0.3) is 5.91 Å². The number of thioether (sulfide) groups is 1. The van der Waals surface area contributed by atoms with Gasteiger partial charge < -0.3 is 14.8 Å². The van der Waals surface area contributed by atoms with Crippen molar-refractivity contribution in [2.75, 3.05) is 17.6 Å². The van der Waals surface area contributed by atoms with E-state index in [1.807, 2.05) is 72.7 Å². The van der Waals surface area contributed by atoms with E-state index in [0.717, 1.165) is 35.5 Å². The predicted molar refractivity (Wildman–Crippen MR) is 140 cm³/mol. The molecule has 0 bridgehead atoms. The lowest BCUT2D eigenvalue weighted by Gasteiger charge is -2.25. The molecule has 1 atom stereocenters. The van der Waals surface area contributed by atoms with Crippen molar-refractivity contribution < 1.29 is 9.59 Å². The average Bonchev–Trinajstić information content (AvgIpc) is 3.47. The molecular formula is C27H31N5O2S. The Bertz CT molecular complexity index is 1250. The summed E-state index contributed by atoms with van der Waals surface area (Å²) in [4.78, 5) is 27.7. The monoisotopic (exact) mass is 489 g/mol. The maximum atomic E-state index is 13.3. The van der Waals surface area contributed by atoms with Gasteiger partial charge in [-0.25, -0.2) is 0 Å². The second-order valence-electron chi connectivity index (χ2n) is 8.90. The van der Waals surface area contributed by atoms with Gasteiger partial charge in [0.15, 0.2) is 11.0 Å². The third kappa shape index (κ3) is 5.65. The number of aromatic nitrogens is 3. The van der Waals surface area contributed by atoms with Gasteiger partial charge in [-0.15, -0.1) is 16.8 Å². The minimum atomic E-state index is -0.158. The summed E-state index contributed by atoms with van der Waals surface area (Å²) in [7, 11) is 0. The number of carbonyl (C=O) groups excluding carboxylic acids is 2. The zero-order chi connectivity index (χ0) is 24.9. The fraction of sp³-hybridized carbons (Fsp3) is 0.333. The number of allylic oxidation sites excluding steroid dienone is 1. The normalized spacial score (nSPS) is 15.3. The zero-order valence-electron chi connectivity index (χ0n) is 20.5. The summed E-state index contributed by atoms with van der Waals surface area (Å²) >= 11 is 1.34. The molecule has 4 rings (SSSR count). The SMILES string of the molecule is C=CCn1c(SCC(=O)Nc2ccc(C)c(C)c2)nnc1C1CCCN1C(=O)c1cccc(C)c1. The molecule has 0 radical (unpaired) electrons. The fourth-order valence-corrected chi connectivity index (χ4v) is 5.08. The Morgan fingerprint density at radius 1 is 1.14 bits per heavy atom. The van der Waals surface area contributed by atoms with E-state index in [-0.39, 0.29) is 23.6 Å². The van der Waals surface area contributed by atoms with Gasteiger partial charge in [0, 0.05) is 24.3 Å². The van der Waals surface area contributed by atoms with Gasteiger partial charge in [0.2, 0.25) is 5.91 Å². The number of hydrogen-bond donors (Lipinski definition) is 1. The number of nitrogens with one attached hydrogen (secondary N) is 1. The van der Waals surface area contributed by atoms with Gasteiger partial charge >= 0.3 is 0 Å². The molecule has 2 amide bonds. The summed E-state index contributed by atoms with van der Waals surface area (Å²) in [5, 5.41) is 12.4. The molecule has 0 saturated carbocycles. The number of amides is 2. The van der Waals surface area contributed by atoms with E-state index < -0.39 is 0 Å². The molecule has 0 aliphatic carbocycles. The summed E-state index contributed by atoms with van der Waals surface area (Å²) in [5.41, 5.74) is 4.84. The Labute approximate surface area is 210 Å². The molecule has 8 heteroatoms. The number of nitrogens with zero attached hydrogens (tertiary/aromatic N) is 4. The Morgan fingerprint density at radius 3 is 2.71 bits per heavy atom. The molecule has 2 heterocycles. The number of likely N-dealkylation sites (tertiary alicyclic amines) is 1. The average molecular weight is 490 g/mol. The number of benzene rings is 2. The molecule has 0 spiro atoms. The standard InChI is InChI=1S/C27H31N5O2S/c1-5-13-32-25(23-10-7-14-31(23)26(34)21-9-6-8-18(2)15-21)29-30-27(32)35-17-24(33)28-22-12-11-19(3)20(4)16-22/h5-6,8-9,11-12,15-16,23H,1,7,10,13-14,17H2,2-4H3,(H,28,33). The van der Waals surface area contributed by atoms with Crippen molar-refractivity contribution in [3.63, 3.8) is 0 Å². The van der Waals surface area contributed by atoms with Crippen LogP contribution in [0.3, 0.4) is 0 Å². The molecule has 3 aromatic rings. The molecule has 1 N–H and O–H groups in total. The highest BCUT2D eigenvalue weighted by Gasteiger charge is 2.34. The van der Waals surface area contributed by atoms with Crippen molar-refractivity contribution in [3.8, 4) is 0 Å². The van der Waals surface area contributed by atoms with Crippen LogP contribution in [0, 0.1) is 20.8 Å². The summed E-state index contributed by atoms with van der Waals surface area (Å²) in [6, 6.07) is 13.4. The third-order valence-electron chi connectivity index (χ3n) is 6.26. The summed E-state index contributed by atoms with van der Waals surface area (Å²) in [6.07, 6.45) is 3.52. The Kier molecular flexibility index (Phi) is 7.70. The predicted octanol–water partition coefficient (Wildman–Crippen LogP) is 5.10. The molecule has 182 valence electrons. The first-order chi connectivity index (χ1) is 16.9. The Morgan fingerprint density at radius 2 is 1.97 bits per heavy atom. The number of aryl methyl sites for hydroxylation is 3. The number of carbonyl (C=O) groups is 2. The van der Waals surface area contributed by atoms with Crippen molar-refractivity contribution in [2.24, 2.45) is 0 Å². The number of anilines is 1. The maximum absolute atomic E-state index is 13.3. The smallest absolute Gasteiger partial charge is 0.254 e. The van der Waals surface area contributed by atoms with Crippen LogP contribution in [-0.4, -0.2) is 43.8 Å². The highest BCUT2D eigenvalue weighted by atomic mass is 32.2. The van der Waals surface area contributed by atoms with E-state index in [9.17, 15) is 9.59 Å². The van der Waals surface area contributed by atoms with Gasteiger partial charge in [0.1, 0.15) is 0 Å². The molecule has 7 nitrogen and oxygen atoms in total. The molecule has 1 aliphatic rings. The van der Waals surface area contributed by atoms with Gasteiger partial charge in [-0.2, -0.15) is 0 Å². The highest BCUT2D eigenvalue weighted by molar-refractivity contribution is 7.99. The first-order valence-corrected chi connectivity index (χ1v) is 12.8. The van der Waals surface area contributed by atoms with E-state index in [4.69, 9.17) is 0 Å². The molecule has 1 saturated heterocycles. The molecular weight excluding hydrogens is 458 g/mol. The van der Waals surface area contributed by atoms with E-state index in [1.54, 1.807) is 6.08 Å². The topological polar surface area (TPSA) is 80.1 Å². The molecule has 1 unspecified atom stereocenters. The molecule has 1 aromatic heterocycles. The van der Waals surface area contributed by atoms with Crippen LogP contribution in [0.4, 0.5) is 5.69 Å². The minimum absolute atomic E-state index is 0.00586. The lowest BCUT2D eigenvalue weighted by atomic mass is 10.1. The fourth-order valence-electron chi connectivity index (χ4n) is 4.32. The van der Waals surface area contributed by atoms with Crippen LogP contribution in [0.5, 0.6) is 0 Å². The first-order valence-electron chi connectivity index (χ1n) is 11.8. The van der Waals surface area contributed by atoms with Gasteiger partial charge in [-0.05, 0) is 69.0 Å². The number of rotatable bonds is 8. The van der Waals surface area contributed by atoms with Crippen LogP contribution in [-0.2, 0) is 11.3 Å². The van der Waals surface area contributed by atoms with Crippen LogP contribution in [0.15, 0.2) is 60.3 Å². The molecule has 2 aromatic carbocycles. The van der Waals surface area contributed by atoms with Crippen molar-refractivity contribution in [1.82, 2.24) is 19.7 Å². The molecule has 35 heavy (non-hydrogen) atoms. The van der Waals surface area contributed by atoms with Crippen LogP contribution in [0.1, 0.15) is 51.8 Å². The van der Waals surface area contributed by atoms with E-state index in [1.165, 1.54) is 17.3 Å². The first kappa shape index (κ1) is 24.7. The van der Waals surface area contributed by atoms with Crippen LogP contribution >= 0.6 is 11.8 Å². The lowest BCUT2D eigenvalue weighted by molar-refractivity contribution is -0.113. The zero-order valence-corrected chi connectivity index (χ0v) is 21.3. The van der Waals surface area contributed by atoms with Crippen molar-refractivity contribution >= 4 is 29.3 Å². The molecule has 1 fully saturated rings. The third-order valence-corrected chi connectivity index (χ3v) is 7.22. The lowest BCUT2D eigenvalue weighted by Crippen LogP contribution is -2.32. The van der Waals surface area contributed by atoms with Gasteiger partial charge in [-0.1, -0.05) is 41.6 Å². The minimum Gasteiger partial charge on any atom is -0.328 e. The maximum Gasteiger partial charge on any atom is 0.254 e. The Balaban J connectivity index is 1.48. The van der Waals surface area contributed by atoms with Crippen molar-refractivity contribution in [2.45, 2.75) is 51.4 Å². The largest absolute Gasteiger partial charge is 0.328 e. The van der Waals surface area contributed by atoms with E-state index in [2.05, 4.69) is 22.1 Å². The van der Waals surface area contributed by atoms with E-state index in [0.29, 0.717) is 23.8 Å². The van der Waals surface area contributed by atoms with Crippen LogP contribution in [0.2, 0.25) is 0 Å². The molecule has 1 aliphatic heterocycles. The van der Waals surface area contributed by atoms with Gasteiger partial charge in [-0.3, -0.25) is 9.59 Å². The van der Waals surface area contributed by atoms with Gasteiger partial charge in [0.05, 0.1) is 11.8 Å². The second kappa shape index (κ2) is 10.9.